The molecule has 0 radical (unpaired) electrons. The molecule has 0 amide bonds. The molecule has 23 heavy (non-hydrogen) atoms. The summed E-state index contributed by atoms with van der Waals surface area (Å²) < 4.78 is 11.5. The van der Waals surface area contributed by atoms with E-state index in [1.807, 2.05) is 55.7 Å². The molecule has 1 aromatic carbocycles. The molecular weight excluding hydrogens is 310 g/mol. The third kappa shape index (κ3) is 4.18. The van der Waals surface area contributed by atoms with Crippen LogP contribution >= 0.6 is 11.3 Å². The first kappa shape index (κ1) is 15.7. The highest BCUT2D eigenvalue weighted by Crippen LogP contribution is 2.23. The van der Waals surface area contributed by atoms with Gasteiger partial charge < -0.3 is 9.15 Å². The van der Waals surface area contributed by atoms with Crippen LogP contribution in [-0.2, 0) is 6.54 Å². The molecule has 0 bridgehead atoms. The number of ether oxygens (including phenoxy) is 1. The van der Waals surface area contributed by atoms with Crippen LogP contribution in [0.3, 0.4) is 0 Å². The summed E-state index contributed by atoms with van der Waals surface area (Å²) in [5.74, 6) is 2.13. The predicted molar refractivity (Wildman–Crippen MR) is 90.6 cm³/mol. The summed E-state index contributed by atoms with van der Waals surface area (Å²) in [7, 11) is 2.01. The molecule has 120 valence electrons. The average molecular weight is 329 g/mol. The summed E-state index contributed by atoms with van der Waals surface area (Å²) in [6.07, 6.45) is 0. The molecule has 0 aliphatic heterocycles. The van der Waals surface area contributed by atoms with Crippen molar-refractivity contribution in [2.45, 2.75) is 13.5 Å². The summed E-state index contributed by atoms with van der Waals surface area (Å²) in [6.45, 7) is 4.05. The summed E-state index contributed by atoms with van der Waals surface area (Å²) in [5, 5.41) is 10.2. The van der Waals surface area contributed by atoms with Gasteiger partial charge >= 0.3 is 0 Å². The van der Waals surface area contributed by atoms with Gasteiger partial charge in [-0.3, -0.25) is 4.90 Å². The molecule has 0 unspecified atom stereocenters. The minimum atomic E-state index is 0.583. The Hall–Kier alpha value is -2.18. The van der Waals surface area contributed by atoms with Gasteiger partial charge in [0.2, 0.25) is 5.89 Å². The number of benzene rings is 1. The fourth-order valence-electron chi connectivity index (χ4n) is 2.16. The zero-order valence-corrected chi connectivity index (χ0v) is 14.0. The van der Waals surface area contributed by atoms with Gasteiger partial charge in [0.25, 0.3) is 5.89 Å². The van der Waals surface area contributed by atoms with Crippen LogP contribution in [0.5, 0.6) is 5.75 Å². The van der Waals surface area contributed by atoms with E-state index in [1.54, 1.807) is 11.3 Å². The van der Waals surface area contributed by atoms with E-state index in [9.17, 15) is 0 Å². The van der Waals surface area contributed by atoms with Gasteiger partial charge in [0.1, 0.15) is 12.4 Å². The van der Waals surface area contributed by atoms with Gasteiger partial charge in [-0.15, -0.1) is 21.5 Å². The molecule has 0 N–H and O–H groups in total. The molecule has 0 aliphatic rings. The molecule has 2 aromatic heterocycles. The normalized spacial score (nSPS) is 11.1. The number of thiophene rings is 1. The lowest BCUT2D eigenvalue weighted by molar-refractivity contribution is 0.219. The summed E-state index contributed by atoms with van der Waals surface area (Å²) >= 11 is 1.59. The average Bonchev–Trinajstić information content (AvgIpc) is 3.20. The molecule has 6 heteroatoms. The van der Waals surface area contributed by atoms with Crippen LogP contribution in [0, 0.1) is 6.92 Å². The molecule has 2 heterocycles. The van der Waals surface area contributed by atoms with Crippen molar-refractivity contribution < 1.29 is 9.15 Å². The smallest absolute Gasteiger partial charge is 0.257 e. The van der Waals surface area contributed by atoms with Crippen molar-refractivity contribution in [3.8, 4) is 16.5 Å². The van der Waals surface area contributed by atoms with E-state index >= 15 is 0 Å². The largest absolute Gasteiger partial charge is 0.492 e. The first-order chi connectivity index (χ1) is 11.2. The Morgan fingerprint density at radius 1 is 1.17 bits per heavy atom. The first-order valence-corrected chi connectivity index (χ1v) is 8.33. The Bertz CT molecular complexity index is 740. The van der Waals surface area contributed by atoms with Gasteiger partial charge in [0.05, 0.1) is 11.4 Å². The van der Waals surface area contributed by atoms with Crippen molar-refractivity contribution in [1.82, 2.24) is 15.1 Å². The molecular formula is C17H19N3O2S. The third-order valence-electron chi connectivity index (χ3n) is 3.43. The Morgan fingerprint density at radius 3 is 2.83 bits per heavy atom. The van der Waals surface area contributed by atoms with Crippen LogP contribution in [0.15, 0.2) is 46.2 Å². The van der Waals surface area contributed by atoms with Gasteiger partial charge in [-0.05, 0) is 37.0 Å². The minimum Gasteiger partial charge on any atom is -0.492 e. The predicted octanol–water partition coefficient (Wildman–Crippen LogP) is 3.62. The maximum atomic E-state index is 5.80. The van der Waals surface area contributed by atoms with Crippen molar-refractivity contribution >= 4 is 11.3 Å². The van der Waals surface area contributed by atoms with Gasteiger partial charge in [0, 0.05) is 6.54 Å². The van der Waals surface area contributed by atoms with Crippen LogP contribution in [0.2, 0.25) is 0 Å². The minimum absolute atomic E-state index is 0.583. The molecule has 3 aromatic rings. The molecule has 5 nitrogen and oxygen atoms in total. The van der Waals surface area contributed by atoms with Crippen LogP contribution < -0.4 is 4.74 Å². The zero-order valence-electron chi connectivity index (χ0n) is 13.2. The van der Waals surface area contributed by atoms with E-state index in [2.05, 4.69) is 15.1 Å². The zero-order chi connectivity index (χ0) is 16.1. The highest BCUT2D eigenvalue weighted by atomic mass is 32.1. The van der Waals surface area contributed by atoms with Gasteiger partial charge in [-0.25, -0.2) is 0 Å². The lowest BCUT2D eigenvalue weighted by Crippen LogP contribution is -2.24. The maximum Gasteiger partial charge on any atom is 0.257 e. The second-order valence-corrected chi connectivity index (χ2v) is 6.28. The number of rotatable bonds is 7. The number of nitrogens with zero attached hydrogens (tertiary/aromatic N) is 3. The van der Waals surface area contributed by atoms with Crippen LogP contribution in [0.4, 0.5) is 0 Å². The molecule has 0 fully saturated rings. The Morgan fingerprint density at radius 2 is 2.04 bits per heavy atom. The van der Waals surface area contributed by atoms with E-state index in [1.165, 1.54) is 0 Å². The van der Waals surface area contributed by atoms with E-state index in [0.717, 1.165) is 22.7 Å². The Kier molecular flexibility index (Phi) is 5.05. The molecule has 3 rings (SSSR count). The Labute approximate surface area is 139 Å². The molecule has 0 saturated carbocycles. The topological polar surface area (TPSA) is 51.4 Å². The molecule has 0 saturated heterocycles. The summed E-state index contributed by atoms with van der Waals surface area (Å²) in [4.78, 5) is 3.10. The monoisotopic (exact) mass is 329 g/mol. The van der Waals surface area contributed by atoms with Gasteiger partial charge in [-0.1, -0.05) is 24.3 Å². The Balaban J connectivity index is 1.48. The van der Waals surface area contributed by atoms with Crippen molar-refractivity contribution in [3.63, 3.8) is 0 Å². The SMILES string of the molecule is Cc1ccccc1OCCN(C)Cc1nnc(-c2cccs2)o1. The number of hydrogen-bond donors (Lipinski definition) is 0. The number of aromatic nitrogens is 2. The quantitative estimate of drug-likeness (QED) is 0.663. The van der Waals surface area contributed by atoms with E-state index in [-0.39, 0.29) is 0 Å². The summed E-state index contributed by atoms with van der Waals surface area (Å²) in [5.41, 5.74) is 1.15. The summed E-state index contributed by atoms with van der Waals surface area (Å²) in [6, 6.07) is 12.0. The number of aryl methyl sites for hydroxylation is 1. The van der Waals surface area contributed by atoms with Crippen LogP contribution in [0.1, 0.15) is 11.5 Å². The first-order valence-electron chi connectivity index (χ1n) is 7.45. The maximum absolute atomic E-state index is 5.80. The van der Waals surface area contributed by atoms with Crippen molar-refractivity contribution in [1.29, 1.82) is 0 Å². The van der Waals surface area contributed by atoms with Crippen LogP contribution in [-0.4, -0.2) is 35.3 Å². The molecule has 0 aliphatic carbocycles. The van der Waals surface area contributed by atoms with Crippen LogP contribution in [0.25, 0.3) is 10.8 Å². The number of hydrogen-bond acceptors (Lipinski definition) is 6. The van der Waals surface area contributed by atoms with Crippen molar-refractivity contribution in [3.05, 3.63) is 53.2 Å². The number of para-hydroxylation sites is 1. The van der Waals surface area contributed by atoms with Crippen molar-refractivity contribution in [2.75, 3.05) is 20.2 Å². The van der Waals surface area contributed by atoms with E-state index in [0.29, 0.717) is 24.9 Å². The lowest BCUT2D eigenvalue weighted by atomic mass is 10.2. The second-order valence-electron chi connectivity index (χ2n) is 5.33. The van der Waals surface area contributed by atoms with Gasteiger partial charge in [-0.2, -0.15) is 0 Å². The highest BCUT2D eigenvalue weighted by Gasteiger charge is 2.11. The lowest BCUT2D eigenvalue weighted by Gasteiger charge is -2.15. The third-order valence-corrected chi connectivity index (χ3v) is 4.29. The van der Waals surface area contributed by atoms with E-state index in [4.69, 9.17) is 9.15 Å². The molecule has 0 spiro atoms. The fraction of sp³-hybridized carbons (Fsp3) is 0.294. The standard InChI is InChI=1S/C17H19N3O2S/c1-13-6-3-4-7-14(13)21-10-9-20(2)12-16-18-19-17(22-16)15-8-5-11-23-15/h3-8,11H,9-10,12H2,1-2H3. The highest BCUT2D eigenvalue weighted by molar-refractivity contribution is 7.13. The van der Waals surface area contributed by atoms with E-state index < -0.39 is 0 Å². The van der Waals surface area contributed by atoms with Gasteiger partial charge in [0.15, 0.2) is 0 Å². The second kappa shape index (κ2) is 7.39. The van der Waals surface area contributed by atoms with Crippen molar-refractivity contribution in [2.24, 2.45) is 0 Å². The molecule has 0 atom stereocenters. The number of likely N-dealkylation sites (N-methyl/N-ethyl adjacent to an activating group) is 1. The fourth-order valence-corrected chi connectivity index (χ4v) is 2.80.